The minimum Gasteiger partial charge on any atom is -0.452 e. The molecule has 216 valence electrons. The van der Waals surface area contributed by atoms with E-state index in [1.54, 1.807) is 4.68 Å². The lowest BCUT2D eigenvalue weighted by Gasteiger charge is -2.33. The predicted molar refractivity (Wildman–Crippen MR) is 158 cm³/mol. The number of hydrogen-bond acceptors (Lipinski definition) is 5. The summed E-state index contributed by atoms with van der Waals surface area (Å²) in [6.45, 7) is 9.66. The minimum atomic E-state index is -0.608. The zero-order valence-corrected chi connectivity index (χ0v) is 24.3. The Labute approximate surface area is 241 Å². The minimum absolute atomic E-state index is 0.0650. The summed E-state index contributed by atoms with van der Waals surface area (Å²) < 4.78 is 6.92. The molecular weight excluding hydrogens is 518 g/mol. The Kier molecular flexibility index (Phi) is 8.15. The van der Waals surface area contributed by atoms with Gasteiger partial charge >= 0.3 is 12.0 Å². The fourth-order valence-electron chi connectivity index (χ4n) is 5.37. The second kappa shape index (κ2) is 11.8. The van der Waals surface area contributed by atoms with Crippen LogP contribution in [-0.4, -0.2) is 51.8 Å². The van der Waals surface area contributed by atoms with E-state index in [0.29, 0.717) is 43.4 Å². The number of piperidine rings is 1. The number of urea groups is 1. The first-order valence-electron chi connectivity index (χ1n) is 14.4. The highest BCUT2D eigenvalue weighted by molar-refractivity contribution is 5.99. The van der Waals surface area contributed by atoms with Gasteiger partial charge in [-0.25, -0.2) is 9.48 Å². The van der Waals surface area contributed by atoms with Crippen molar-refractivity contribution < 1.29 is 19.1 Å². The molecule has 2 aliphatic heterocycles. The number of benzene rings is 2. The average molecular weight is 558 g/mol. The third kappa shape index (κ3) is 6.96. The molecule has 9 nitrogen and oxygen atoms in total. The molecule has 3 heterocycles. The first kappa shape index (κ1) is 28.4. The Bertz CT molecular complexity index is 1410. The number of amides is 3. The van der Waals surface area contributed by atoms with Crippen LogP contribution < -0.4 is 10.6 Å². The third-order valence-electron chi connectivity index (χ3n) is 7.79. The first-order chi connectivity index (χ1) is 19.5. The number of cyclic esters (lactones) is 1. The van der Waals surface area contributed by atoms with Crippen molar-refractivity contribution in [3.05, 3.63) is 71.4 Å². The topological polar surface area (TPSA) is 106 Å². The van der Waals surface area contributed by atoms with Gasteiger partial charge < -0.3 is 15.0 Å². The number of carbonyl (C=O) groups excluding carboxylic acids is 3. The van der Waals surface area contributed by atoms with Gasteiger partial charge in [0.15, 0.2) is 6.10 Å². The molecule has 2 aliphatic rings. The van der Waals surface area contributed by atoms with Crippen LogP contribution in [0.3, 0.4) is 0 Å². The molecule has 0 radical (unpaired) electrons. The van der Waals surface area contributed by atoms with Gasteiger partial charge in [-0.2, -0.15) is 5.10 Å². The largest absolute Gasteiger partial charge is 0.452 e. The monoisotopic (exact) mass is 557 g/mol. The van der Waals surface area contributed by atoms with Gasteiger partial charge in [-0.15, -0.1) is 0 Å². The number of ether oxygens (including phenoxy) is 1. The summed E-state index contributed by atoms with van der Waals surface area (Å²) in [6.07, 6.45) is 2.85. The SMILES string of the molecule is Cc1ccc(-n2nc(C(C)(C)C)cc2NC(=O)Nc2cccc(CC3CCN(C(=O)[C@H]4CCC(=O)O4)CC3)c2)cc1. The van der Waals surface area contributed by atoms with Crippen LogP contribution in [0.1, 0.15) is 63.3 Å². The molecular formula is C32H39N5O4. The van der Waals surface area contributed by atoms with E-state index in [0.717, 1.165) is 41.8 Å². The number of nitrogens with zero attached hydrogens (tertiary/aromatic N) is 3. The zero-order chi connectivity index (χ0) is 29.1. The van der Waals surface area contributed by atoms with E-state index in [2.05, 4.69) is 37.5 Å². The molecule has 2 aromatic carbocycles. The van der Waals surface area contributed by atoms with Crippen molar-refractivity contribution in [2.24, 2.45) is 5.92 Å². The van der Waals surface area contributed by atoms with Crippen molar-refractivity contribution in [1.29, 1.82) is 0 Å². The Morgan fingerprint density at radius 3 is 2.39 bits per heavy atom. The van der Waals surface area contributed by atoms with Crippen LogP contribution in [0.2, 0.25) is 0 Å². The van der Waals surface area contributed by atoms with Crippen LogP contribution >= 0.6 is 0 Å². The molecule has 5 rings (SSSR count). The molecule has 2 saturated heterocycles. The van der Waals surface area contributed by atoms with Gasteiger partial charge in [0.25, 0.3) is 5.91 Å². The standard InChI is InChI=1S/C32H39N5O4/c1-21-8-10-25(11-9-21)37-28(20-27(35-37)32(2,3)4)34-31(40)33-24-7-5-6-23(19-24)18-22-14-16-36(17-15-22)30(39)26-12-13-29(38)41-26/h5-11,19-20,22,26H,12-18H2,1-4H3,(H2,33,34,40)/t26-/m1/s1. The quantitative estimate of drug-likeness (QED) is 0.384. The maximum absolute atomic E-state index is 13.1. The third-order valence-corrected chi connectivity index (χ3v) is 7.79. The first-order valence-corrected chi connectivity index (χ1v) is 14.4. The zero-order valence-electron chi connectivity index (χ0n) is 24.3. The summed E-state index contributed by atoms with van der Waals surface area (Å²) in [5.41, 5.74) is 4.58. The van der Waals surface area contributed by atoms with Crippen molar-refractivity contribution in [1.82, 2.24) is 14.7 Å². The van der Waals surface area contributed by atoms with Gasteiger partial charge in [-0.1, -0.05) is 50.6 Å². The van der Waals surface area contributed by atoms with Crippen LogP contribution in [0.15, 0.2) is 54.6 Å². The molecule has 1 aromatic heterocycles. The number of anilines is 2. The molecule has 3 amide bonds. The molecule has 0 aliphatic carbocycles. The normalized spacial score (nSPS) is 17.8. The van der Waals surface area contributed by atoms with E-state index in [4.69, 9.17) is 9.84 Å². The lowest BCUT2D eigenvalue weighted by molar-refractivity contribution is -0.153. The summed E-state index contributed by atoms with van der Waals surface area (Å²) in [5.74, 6) is 0.687. The van der Waals surface area contributed by atoms with E-state index in [-0.39, 0.29) is 23.3 Å². The number of nitrogens with one attached hydrogen (secondary N) is 2. The second-order valence-electron chi connectivity index (χ2n) is 12.2. The van der Waals surface area contributed by atoms with Gasteiger partial charge in [0.2, 0.25) is 0 Å². The molecule has 1 atom stereocenters. The van der Waals surface area contributed by atoms with Gasteiger partial charge in [-0.05, 0) is 61.9 Å². The summed E-state index contributed by atoms with van der Waals surface area (Å²) in [5, 5.41) is 10.8. The summed E-state index contributed by atoms with van der Waals surface area (Å²) in [6, 6.07) is 17.5. The number of aryl methyl sites for hydroxylation is 1. The van der Waals surface area contributed by atoms with Crippen LogP contribution in [0.25, 0.3) is 5.69 Å². The van der Waals surface area contributed by atoms with Crippen LogP contribution in [0.4, 0.5) is 16.3 Å². The van der Waals surface area contributed by atoms with Crippen molar-refractivity contribution in [3.63, 3.8) is 0 Å². The maximum Gasteiger partial charge on any atom is 0.324 e. The van der Waals surface area contributed by atoms with E-state index in [9.17, 15) is 14.4 Å². The van der Waals surface area contributed by atoms with Crippen molar-refractivity contribution in [2.45, 2.75) is 71.3 Å². The van der Waals surface area contributed by atoms with Crippen molar-refractivity contribution in [2.75, 3.05) is 23.7 Å². The number of esters is 1. The number of likely N-dealkylation sites (tertiary alicyclic amines) is 1. The van der Waals surface area contributed by atoms with Gasteiger partial charge in [0.1, 0.15) is 5.82 Å². The maximum atomic E-state index is 13.1. The molecule has 2 fully saturated rings. The Hall–Kier alpha value is -4.14. The molecule has 0 bridgehead atoms. The number of hydrogen-bond donors (Lipinski definition) is 2. The Morgan fingerprint density at radius 1 is 1.00 bits per heavy atom. The summed E-state index contributed by atoms with van der Waals surface area (Å²) in [4.78, 5) is 38.9. The number of rotatable bonds is 6. The highest BCUT2D eigenvalue weighted by atomic mass is 16.6. The fraction of sp³-hybridized carbons (Fsp3) is 0.438. The Balaban J connectivity index is 1.19. The highest BCUT2D eigenvalue weighted by Crippen LogP contribution is 2.28. The van der Waals surface area contributed by atoms with E-state index >= 15 is 0 Å². The highest BCUT2D eigenvalue weighted by Gasteiger charge is 2.34. The lowest BCUT2D eigenvalue weighted by atomic mass is 9.90. The molecule has 41 heavy (non-hydrogen) atoms. The molecule has 0 spiro atoms. The van der Waals surface area contributed by atoms with E-state index in [1.165, 1.54) is 0 Å². The Morgan fingerprint density at radius 2 is 1.73 bits per heavy atom. The van der Waals surface area contributed by atoms with Crippen LogP contribution in [-0.2, 0) is 26.2 Å². The molecule has 9 heteroatoms. The van der Waals surface area contributed by atoms with Crippen LogP contribution in [0.5, 0.6) is 0 Å². The fourth-order valence-corrected chi connectivity index (χ4v) is 5.37. The summed E-state index contributed by atoms with van der Waals surface area (Å²) >= 11 is 0. The van der Waals surface area contributed by atoms with E-state index in [1.807, 2.05) is 60.4 Å². The number of aromatic nitrogens is 2. The van der Waals surface area contributed by atoms with Gasteiger partial charge in [-0.3, -0.25) is 14.9 Å². The molecule has 0 unspecified atom stereocenters. The molecule has 0 saturated carbocycles. The van der Waals surface area contributed by atoms with Gasteiger partial charge in [0.05, 0.1) is 11.4 Å². The predicted octanol–water partition coefficient (Wildman–Crippen LogP) is 5.61. The summed E-state index contributed by atoms with van der Waals surface area (Å²) in [7, 11) is 0. The second-order valence-corrected chi connectivity index (χ2v) is 12.2. The van der Waals surface area contributed by atoms with Crippen molar-refractivity contribution in [3.8, 4) is 5.69 Å². The molecule has 2 N–H and O–H groups in total. The lowest BCUT2D eigenvalue weighted by Crippen LogP contribution is -2.44. The van der Waals surface area contributed by atoms with E-state index < -0.39 is 6.10 Å². The van der Waals surface area contributed by atoms with Gasteiger partial charge in [0, 0.05) is 43.1 Å². The smallest absolute Gasteiger partial charge is 0.324 e. The molecule has 3 aromatic rings. The van der Waals surface area contributed by atoms with Crippen LogP contribution in [0, 0.1) is 12.8 Å². The number of carbonyl (C=O) groups is 3. The van der Waals surface area contributed by atoms with Crippen molar-refractivity contribution >= 4 is 29.4 Å². The average Bonchev–Trinajstić information content (AvgIpc) is 3.56.